The van der Waals surface area contributed by atoms with E-state index in [0.717, 1.165) is 29.0 Å². The maximum absolute atomic E-state index is 6.02. The Labute approximate surface area is 98.3 Å². The predicted octanol–water partition coefficient (Wildman–Crippen LogP) is 0.863. The Kier molecular flexibility index (Phi) is 3.86. The molecule has 1 rings (SSSR count). The van der Waals surface area contributed by atoms with Gasteiger partial charge in [0.1, 0.15) is 19.3 Å². The Balaban J connectivity index is 3.15. The van der Waals surface area contributed by atoms with Crippen LogP contribution < -0.4 is 15.2 Å². The van der Waals surface area contributed by atoms with Gasteiger partial charge >= 0.3 is 0 Å². The van der Waals surface area contributed by atoms with Crippen molar-refractivity contribution in [3.8, 4) is 11.5 Å². The summed E-state index contributed by atoms with van der Waals surface area (Å²) in [5.74, 6) is 1.75. The van der Waals surface area contributed by atoms with E-state index in [1.165, 1.54) is 0 Å². The molecule has 0 aliphatic carbocycles. The minimum atomic E-state index is -0.256. The number of rotatable bonds is 4. The van der Waals surface area contributed by atoms with Gasteiger partial charge in [-0.2, -0.15) is 0 Å². The minimum Gasteiger partial charge on any atom is -0.496 e. The first-order valence-corrected chi connectivity index (χ1v) is 5.38. The van der Waals surface area contributed by atoms with E-state index >= 15 is 0 Å². The fourth-order valence-electron chi connectivity index (χ4n) is 1.74. The van der Waals surface area contributed by atoms with Crippen LogP contribution in [0.3, 0.4) is 0 Å². The predicted molar refractivity (Wildman–Crippen MR) is 69.1 cm³/mol. The SMILES string of the molecule is BC(C)(N)Cc1cc(OC)c(C)cc1OC. The van der Waals surface area contributed by atoms with Crippen molar-refractivity contribution in [2.45, 2.75) is 25.7 Å². The van der Waals surface area contributed by atoms with Gasteiger partial charge in [0, 0.05) is 0 Å². The van der Waals surface area contributed by atoms with Crippen LogP contribution in [0.15, 0.2) is 12.1 Å². The Morgan fingerprint density at radius 2 is 1.81 bits per heavy atom. The molecule has 88 valence electrons. The minimum absolute atomic E-state index is 0.256. The highest BCUT2D eigenvalue weighted by molar-refractivity contribution is 6.15. The Hall–Kier alpha value is -1.16. The van der Waals surface area contributed by atoms with Crippen LogP contribution in [0.5, 0.6) is 11.5 Å². The highest BCUT2D eigenvalue weighted by atomic mass is 16.5. The van der Waals surface area contributed by atoms with E-state index in [9.17, 15) is 0 Å². The van der Waals surface area contributed by atoms with E-state index in [-0.39, 0.29) is 5.44 Å². The zero-order chi connectivity index (χ0) is 12.3. The second-order valence-corrected chi connectivity index (χ2v) is 4.80. The van der Waals surface area contributed by atoms with Gasteiger partial charge in [-0.15, -0.1) is 0 Å². The van der Waals surface area contributed by atoms with Gasteiger partial charge in [0.2, 0.25) is 0 Å². The lowest BCUT2D eigenvalue weighted by Crippen LogP contribution is -2.38. The average Bonchev–Trinajstić information content (AvgIpc) is 2.18. The van der Waals surface area contributed by atoms with Gasteiger partial charge in [-0.1, -0.05) is 6.92 Å². The van der Waals surface area contributed by atoms with Gasteiger partial charge < -0.3 is 15.2 Å². The quantitative estimate of drug-likeness (QED) is 0.767. The van der Waals surface area contributed by atoms with E-state index in [2.05, 4.69) is 0 Å². The maximum Gasteiger partial charge on any atom is 0.127 e. The van der Waals surface area contributed by atoms with E-state index in [1.807, 2.05) is 33.8 Å². The molecule has 3 nitrogen and oxygen atoms in total. The van der Waals surface area contributed by atoms with Crippen LogP contribution in [0.25, 0.3) is 0 Å². The molecular formula is C12H20BNO2. The molecule has 0 saturated carbocycles. The molecule has 2 N–H and O–H groups in total. The molecule has 1 aromatic carbocycles. The van der Waals surface area contributed by atoms with Crippen molar-refractivity contribution in [2.75, 3.05) is 14.2 Å². The summed E-state index contributed by atoms with van der Waals surface area (Å²) in [5, 5.41) is 0. The molecule has 1 aromatic rings. The molecule has 1 atom stereocenters. The highest BCUT2D eigenvalue weighted by Crippen LogP contribution is 2.29. The summed E-state index contributed by atoms with van der Waals surface area (Å²) in [4.78, 5) is 0. The zero-order valence-electron chi connectivity index (χ0n) is 10.8. The number of methoxy groups -OCH3 is 2. The van der Waals surface area contributed by atoms with E-state index in [4.69, 9.17) is 15.2 Å². The van der Waals surface area contributed by atoms with Gasteiger partial charge in [0.25, 0.3) is 0 Å². The molecule has 0 heterocycles. The molecule has 4 heteroatoms. The number of nitrogens with two attached hydrogens (primary N) is 1. The Morgan fingerprint density at radius 3 is 2.25 bits per heavy atom. The first-order valence-electron chi connectivity index (χ1n) is 5.38. The van der Waals surface area contributed by atoms with E-state index < -0.39 is 0 Å². The van der Waals surface area contributed by atoms with Crippen molar-refractivity contribution in [3.63, 3.8) is 0 Å². The lowest BCUT2D eigenvalue weighted by atomic mass is 9.76. The first kappa shape index (κ1) is 12.9. The number of aryl methyl sites for hydroxylation is 1. The second-order valence-electron chi connectivity index (χ2n) is 4.80. The smallest absolute Gasteiger partial charge is 0.127 e. The third-order valence-electron chi connectivity index (χ3n) is 2.44. The van der Waals surface area contributed by atoms with Crippen LogP contribution >= 0.6 is 0 Å². The Bertz CT molecular complexity index is 372. The summed E-state index contributed by atoms with van der Waals surface area (Å²) in [6.45, 7) is 4.00. The van der Waals surface area contributed by atoms with Gasteiger partial charge in [-0.25, -0.2) is 0 Å². The fraction of sp³-hybridized carbons (Fsp3) is 0.500. The van der Waals surface area contributed by atoms with E-state index in [1.54, 1.807) is 14.2 Å². The van der Waals surface area contributed by atoms with Gasteiger partial charge in [-0.05, 0) is 42.0 Å². The maximum atomic E-state index is 6.02. The highest BCUT2D eigenvalue weighted by Gasteiger charge is 2.16. The van der Waals surface area contributed by atoms with Crippen LogP contribution in [-0.4, -0.2) is 27.5 Å². The van der Waals surface area contributed by atoms with Crippen molar-refractivity contribution in [2.24, 2.45) is 5.73 Å². The van der Waals surface area contributed by atoms with Crippen LogP contribution in [0.1, 0.15) is 18.1 Å². The molecule has 0 bridgehead atoms. The monoisotopic (exact) mass is 221 g/mol. The number of ether oxygens (including phenoxy) is 2. The van der Waals surface area contributed by atoms with Crippen molar-refractivity contribution in [3.05, 3.63) is 23.3 Å². The van der Waals surface area contributed by atoms with Crippen molar-refractivity contribution in [1.82, 2.24) is 0 Å². The number of benzene rings is 1. The molecule has 0 saturated heterocycles. The van der Waals surface area contributed by atoms with Crippen molar-refractivity contribution in [1.29, 1.82) is 0 Å². The molecule has 0 aromatic heterocycles. The molecule has 0 spiro atoms. The fourth-order valence-corrected chi connectivity index (χ4v) is 1.74. The van der Waals surface area contributed by atoms with Gasteiger partial charge in [0.15, 0.2) is 0 Å². The lowest BCUT2D eigenvalue weighted by Gasteiger charge is -2.21. The number of hydrogen-bond acceptors (Lipinski definition) is 3. The summed E-state index contributed by atoms with van der Waals surface area (Å²) in [7, 11) is 5.35. The number of hydrogen-bond donors (Lipinski definition) is 1. The van der Waals surface area contributed by atoms with Crippen LogP contribution in [0, 0.1) is 6.92 Å². The van der Waals surface area contributed by atoms with Crippen LogP contribution in [0.2, 0.25) is 0 Å². The molecule has 0 radical (unpaired) electrons. The van der Waals surface area contributed by atoms with Crippen molar-refractivity contribution >= 4 is 7.85 Å². The Morgan fingerprint density at radius 1 is 1.25 bits per heavy atom. The molecule has 16 heavy (non-hydrogen) atoms. The standard InChI is InChI=1S/C12H20BNO2/c1-8-5-11(16-4)9(6-10(8)15-3)7-12(2,13)14/h5-6H,7,13-14H2,1-4H3. The molecular weight excluding hydrogens is 201 g/mol. The van der Waals surface area contributed by atoms with Crippen LogP contribution in [0.4, 0.5) is 0 Å². The first-order chi connectivity index (χ1) is 7.37. The summed E-state index contributed by atoms with van der Waals surface area (Å²) in [6.07, 6.45) is 0.757. The largest absolute Gasteiger partial charge is 0.496 e. The normalized spacial score (nSPS) is 14.3. The molecule has 0 fully saturated rings. The molecule has 0 aliphatic rings. The van der Waals surface area contributed by atoms with Crippen LogP contribution in [-0.2, 0) is 6.42 Å². The molecule has 1 unspecified atom stereocenters. The third-order valence-corrected chi connectivity index (χ3v) is 2.44. The average molecular weight is 221 g/mol. The van der Waals surface area contributed by atoms with E-state index in [0.29, 0.717) is 0 Å². The molecule has 0 aliphatic heterocycles. The van der Waals surface area contributed by atoms with Crippen molar-refractivity contribution < 1.29 is 9.47 Å². The zero-order valence-corrected chi connectivity index (χ0v) is 10.8. The van der Waals surface area contributed by atoms with Gasteiger partial charge in [-0.3, -0.25) is 0 Å². The van der Waals surface area contributed by atoms with Gasteiger partial charge in [0.05, 0.1) is 14.2 Å². The topological polar surface area (TPSA) is 44.5 Å². The lowest BCUT2D eigenvalue weighted by molar-refractivity contribution is 0.394. The third kappa shape index (κ3) is 3.17. The second kappa shape index (κ2) is 4.79. The molecule has 0 amide bonds. The summed E-state index contributed by atoms with van der Waals surface area (Å²) < 4.78 is 10.7. The summed E-state index contributed by atoms with van der Waals surface area (Å²) >= 11 is 0. The summed E-state index contributed by atoms with van der Waals surface area (Å²) in [5.41, 5.74) is 7.92. The summed E-state index contributed by atoms with van der Waals surface area (Å²) in [6, 6.07) is 3.99.